The molecular weight excluding hydrogens is 299 g/mol. The first kappa shape index (κ1) is 15.6. The number of nitrogens with zero attached hydrogens (tertiary/aromatic N) is 2. The Morgan fingerprint density at radius 1 is 1.16 bits per heavy atom. The van der Waals surface area contributed by atoms with E-state index in [2.05, 4.69) is 9.05 Å². The van der Waals surface area contributed by atoms with Gasteiger partial charge in [0, 0.05) is 31.7 Å². The van der Waals surface area contributed by atoms with Crippen molar-refractivity contribution in [1.29, 1.82) is 0 Å². The number of non-ortho nitro benzene ring substituents is 1. The number of rotatable bonds is 6. The lowest BCUT2D eigenvalue weighted by atomic mass is 10.3. The zero-order chi connectivity index (χ0) is 14.6. The van der Waals surface area contributed by atoms with Crippen molar-refractivity contribution in [2.24, 2.45) is 0 Å². The predicted octanol–water partition coefficient (Wildman–Crippen LogP) is 3.00. The number of nitro benzene ring substituents is 2. The minimum absolute atomic E-state index is 0.0392. The fourth-order valence-electron chi connectivity index (χ4n) is 1.11. The summed E-state index contributed by atoms with van der Waals surface area (Å²) in [5, 5.41) is 21.4. The van der Waals surface area contributed by atoms with Crippen LogP contribution in [0.1, 0.15) is 0 Å². The van der Waals surface area contributed by atoms with E-state index in [4.69, 9.17) is 0 Å². The molecule has 1 aromatic carbocycles. The van der Waals surface area contributed by atoms with Gasteiger partial charge in [0.05, 0.1) is 20.8 Å². The Hall–Kier alpha value is -1.48. The molecule has 0 aliphatic carbocycles. The monoisotopic (exact) mass is 308 g/mol. The summed E-state index contributed by atoms with van der Waals surface area (Å²) < 4.78 is 21.2. The van der Waals surface area contributed by atoms with E-state index in [1.165, 1.54) is 0 Å². The second-order valence-corrected chi connectivity index (χ2v) is 7.21. The first-order valence-electron chi connectivity index (χ1n) is 4.67. The van der Waals surface area contributed by atoms with Crippen molar-refractivity contribution in [2.75, 3.05) is 14.2 Å². The van der Waals surface area contributed by atoms with E-state index in [0.29, 0.717) is 11.4 Å². The van der Waals surface area contributed by atoms with Gasteiger partial charge in [-0.3, -0.25) is 20.2 Å². The van der Waals surface area contributed by atoms with Gasteiger partial charge in [-0.15, -0.1) is 0 Å². The van der Waals surface area contributed by atoms with Crippen LogP contribution in [0.25, 0.3) is 0 Å². The summed E-state index contributed by atoms with van der Waals surface area (Å²) in [5.41, 5.74) is -0.964. The molecule has 0 N–H and O–H groups in total. The fourth-order valence-corrected chi connectivity index (χ4v) is 3.64. The zero-order valence-electron chi connectivity index (χ0n) is 9.84. The average molecular weight is 308 g/mol. The van der Waals surface area contributed by atoms with Gasteiger partial charge in [0.1, 0.15) is 0 Å². The molecule has 0 spiro atoms. The van der Waals surface area contributed by atoms with Crippen molar-refractivity contribution >= 4 is 29.6 Å². The third-order valence-corrected chi connectivity index (χ3v) is 5.82. The Morgan fingerprint density at radius 3 is 2.16 bits per heavy atom. The highest BCUT2D eigenvalue weighted by molar-refractivity contribution is 8.55. The molecule has 0 radical (unpaired) electrons. The third kappa shape index (κ3) is 3.74. The summed E-state index contributed by atoms with van der Waals surface area (Å²) in [4.78, 5) is 19.8. The molecule has 104 valence electrons. The lowest BCUT2D eigenvalue weighted by Gasteiger charge is -2.12. The molecular formula is C8H9N2O7PS. The lowest BCUT2D eigenvalue weighted by molar-refractivity contribution is -0.396. The van der Waals surface area contributed by atoms with E-state index in [1.54, 1.807) is 0 Å². The van der Waals surface area contributed by atoms with Crippen LogP contribution in [0.4, 0.5) is 11.4 Å². The fraction of sp³-hybridized carbons (Fsp3) is 0.250. The Labute approximate surface area is 111 Å². The highest BCUT2D eigenvalue weighted by atomic mass is 32.7. The highest BCUT2D eigenvalue weighted by Gasteiger charge is 2.29. The maximum absolute atomic E-state index is 11.9. The SMILES string of the molecule is COP(=O)(OC)Sc1ccc([N+](=O)[O-])cc1[N+](=O)[O-]. The van der Waals surface area contributed by atoms with Gasteiger partial charge < -0.3 is 9.05 Å². The molecule has 0 heterocycles. The van der Waals surface area contributed by atoms with Crippen LogP contribution in [0.2, 0.25) is 0 Å². The number of hydrogen-bond acceptors (Lipinski definition) is 8. The van der Waals surface area contributed by atoms with Crippen LogP contribution in [0, 0.1) is 20.2 Å². The second kappa shape index (κ2) is 6.11. The van der Waals surface area contributed by atoms with E-state index in [0.717, 1.165) is 32.4 Å². The average Bonchev–Trinajstić information content (AvgIpc) is 2.38. The summed E-state index contributed by atoms with van der Waals surface area (Å²) >= 11 is 0.513. The van der Waals surface area contributed by atoms with Crippen molar-refractivity contribution < 1.29 is 23.5 Å². The third-order valence-electron chi connectivity index (χ3n) is 2.01. The van der Waals surface area contributed by atoms with Crippen molar-refractivity contribution in [3.05, 3.63) is 38.4 Å². The number of benzene rings is 1. The zero-order valence-corrected chi connectivity index (χ0v) is 11.6. The van der Waals surface area contributed by atoms with Crippen LogP contribution < -0.4 is 0 Å². The Morgan fingerprint density at radius 2 is 1.74 bits per heavy atom. The van der Waals surface area contributed by atoms with Gasteiger partial charge in [-0.2, -0.15) is 0 Å². The molecule has 0 fully saturated rings. The number of nitro groups is 2. The Kier molecular flexibility index (Phi) is 5.01. The van der Waals surface area contributed by atoms with Crippen molar-refractivity contribution in [3.63, 3.8) is 0 Å². The normalized spacial score (nSPS) is 11.3. The first-order chi connectivity index (χ1) is 8.83. The van der Waals surface area contributed by atoms with Gasteiger partial charge in [0.15, 0.2) is 0 Å². The van der Waals surface area contributed by atoms with Crippen LogP contribution in [-0.4, -0.2) is 24.1 Å². The van der Waals surface area contributed by atoms with Crippen LogP contribution >= 0.6 is 18.2 Å². The quantitative estimate of drug-likeness (QED) is 0.446. The van der Waals surface area contributed by atoms with Crippen LogP contribution in [0.5, 0.6) is 0 Å². The van der Waals surface area contributed by atoms with Gasteiger partial charge in [0.2, 0.25) is 0 Å². The van der Waals surface area contributed by atoms with Crippen molar-refractivity contribution in [2.45, 2.75) is 4.90 Å². The molecule has 0 amide bonds. The molecule has 0 aromatic heterocycles. The maximum Gasteiger partial charge on any atom is 0.393 e. The molecule has 9 nitrogen and oxygen atoms in total. The van der Waals surface area contributed by atoms with Crippen LogP contribution in [0.15, 0.2) is 23.1 Å². The minimum atomic E-state index is -3.57. The predicted molar refractivity (Wildman–Crippen MR) is 67.2 cm³/mol. The minimum Gasteiger partial charge on any atom is -0.304 e. The molecule has 1 aromatic rings. The van der Waals surface area contributed by atoms with Gasteiger partial charge in [-0.05, 0) is 6.07 Å². The smallest absolute Gasteiger partial charge is 0.304 e. The van der Waals surface area contributed by atoms with E-state index < -0.39 is 28.0 Å². The molecule has 11 heteroatoms. The largest absolute Gasteiger partial charge is 0.393 e. The molecule has 0 aliphatic heterocycles. The van der Waals surface area contributed by atoms with E-state index in [9.17, 15) is 24.8 Å². The van der Waals surface area contributed by atoms with E-state index in [1.807, 2.05) is 0 Å². The van der Waals surface area contributed by atoms with Crippen molar-refractivity contribution in [1.82, 2.24) is 0 Å². The van der Waals surface area contributed by atoms with E-state index in [-0.39, 0.29) is 4.90 Å². The molecule has 0 bridgehead atoms. The first-order valence-corrected chi connectivity index (χ1v) is 7.63. The topological polar surface area (TPSA) is 122 Å². The summed E-state index contributed by atoms with van der Waals surface area (Å²) in [6.07, 6.45) is 0. The van der Waals surface area contributed by atoms with Gasteiger partial charge in [-0.25, -0.2) is 4.57 Å². The van der Waals surface area contributed by atoms with Gasteiger partial charge >= 0.3 is 6.80 Å². The highest BCUT2D eigenvalue weighted by Crippen LogP contribution is 2.63. The van der Waals surface area contributed by atoms with Crippen LogP contribution in [-0.2, 0) is 13.6 Å². The molecule has 0 atom stereocenters. The second-order valence-electron chi connectivity index (χ2n) is 3.07. The van der Waals surface area contributed by atoms with Crippen LogP contribution in [0.3, 0.4) is 0 Å². The standard InChI is InChI=1S/C8H9N2O7PS/c1-16-18(15,17-2)19-8-4-3-6(9(11)12)5-7(8)10(13)14/h3-5H,1-2H3. The van der Waals surface area contributed by atoms with Gasteiger partial charge in [0.25, 0.3) is 11.4 Å². The maximum atomic E-state index is 11.9. The summed E-state index contributed by atoms with van der Waals surface area (Å²) in [6, 6.07) is 2.99. The molecule has 0 saturated carbocycles. The molecule has 1 rings (SSSR count). The molecule has 0 aliphatic rings. The summed E-state index contributed by atoms with van der Waals surface area (Å²) in [7, 11) is 2.27. The van der Waals surface area contributed by atoms with E-state index >= 15 is 0 Å². The molecule has 0 saturated heterocycles. The summed E-state index contributed by atoms with van der Waals surface area (Å²) in [5.74, 6) is 0. The number of hydrogen-bond donors (Lipinski definition) is 0. The molecule has 0 unspecified atom stereocenters. The van der Waals surface area contributed by atoms with Crippen molar-refractivity contribution in [3.8, 4) is 0 Å². The Balaban J connectivity index is 3.25. The summed E-state index contributed by atoms with van der Waals surface area (Å²) in [6.45, 7) is -3.57. The molecule has 19 heavy (non-hydrogen) atoms. The lowest BCUT2D eigenvalue weighted by Crippen LogP contribution is -1.95. The Bertz CT molecular complexity index is 556. The van der Waals surface area contributed by atoms with Gasteiger partial charge in [-0.1, -0.05) is 0 Å².